The highest BCUT2D eigenvalue weighted by atomic mass is 16.5. The van der Waals surface area contributed by atoms with E-state index in [1.165, 1.54) is 14.2 Å². The number of carbonyl (C=O) groups is 1. The van der Waals surface area contributed by atoms with E-state index in [0.717, 1.165) is 10.9 Å². The van der Waals surface area contributed by atoms with E-state index < -0.39 is 5.97 Å². The first-order valence-corrected chi connectivity index (χ1v) is 7.05. The Labute approximate surface area is 130 Å². The summed E-state index contributed by atoms with van der Waals surface area (Å²) in [6.45, 7) is 0. The highest BCUT2D eigenvalue weighted by Gasteiger charge is 2.15. The minimum absolute atomic E-state index is 0.00542. The van der Waals surface area contributed by atoms with Gasteiger partial charge in [0, 0.05) is 29.5 Å². The number of carboxylic acid groups (broad SMARTS) is 1. The molecule has 0 aliphatic rings. The molecule has 0 aliphatic carbocycles. The first kappa shape index (κ1) is 15.0. The van der Waals surface area contributed by atoms with Crippen molar-refractivity contribution >= 4 is 27.8 Å². The molecule has 0 saturated heterocycles. The van der Waals surface area contributed by atoms with Crippen LogP contribution >= 0.6 is 0 Å². The van der Waals surface area contributed by atoms with Gasteiger partial charge in [0.25, 0.3) is 5.56 Å². The standard InChI is InChI=1S/C16H16N2O5/c1-22-11-5-9-10(6-12(11)23-2)18-16(21)15-14(9)8(7-17-15)3-4-13(19)20/h5-7,17H,3-4H2,1-2H3,(H,18,21)(H,19,20). The van der Waals surface area contributed by atoms with Gasteiger partial charge in [0.05, 0.1) is 19.7 Å². The van der Waals surface area contributed by atoms with Gasteiger partial charge in [-0.3, -0.25) is 9.59 Å². The van der Waals surface area contributed by atoms with Crippen molar-refractivity contribution in [2.75, 3.05) is 14.2 Å². The molecule has 0 unspecified atom stereocenters. The zero-order valence-electron chi connectivity index (χ0n) is 12.7. The van der Waals surface area contributed by atoms with Gasteiger partial charge in [-0.25, -0.2) is 0 Å². The number of pyridine rings is 1. The highest BCUT2D eigenvalue weighted by molar-refractivity contribution is 6.07. The van der Waals surface area contributed by atoms with Gasteiger partial charge in [0.1, 0.15) is 5.52 Å². The van der Waals surface area contributed by atoms with Gasteiger partial charge < -0.3 is 24.5 Å². The highest BCUT2D eigenvalue weighted by Crippen LogP contribution is 2.35. The van der Waals surface area contributed by atoms with E-state index in [1.54, 1.807) is 18.3 Å². The van der Waals surface area contributed by atoms with Crippen LogP contribution in [0.4, 0.5) is 0 Å². The van der Waals surface area contributed by atoms with Gasteiger partial charge in [0.2, 0.25) is 0 Å². The number of benzene rings is 1. The van der Waals surface area contributed by atoms with Crippen molar-refractivity contribution in [3.8, 4) is 11.5 Å². The predicted molar refractivity (Wildman–Crippen MR) is 85.5 cm³/mol. The lowest BCUT2D eigenvalue weighted by Gasteiger charge is -2.10. The zero-order valence-corrected chi connectivity index (χ0v) is 12.7. The number of nitrogens with one attached hydrogen (secondary N) is 2. The van der Waals surface area contributed by atoms with Crippen LogP contribution in [0.5, 0.6) is 11.5 Å². The van der Waals surface area contributed by atoms with Crippen LogP contribution in [-0.4, -0.2) is 35.3 Å². The maximum absolute atomic E-state index is 12.2. The second-order valence-corrected chi connectivity index (χ2v) is 5.16. The molecule has 0 atom stereocenters. The number of hydrogen-bond donors (Lipinski definition) is 3. The van der Waals surface area contributed by atoms with Crippen molar-refractivity contribution in [2.24, 2.45) is 0 Å². The van der Waals surface area contributed by atoms with E-state index in [9.17, 15) is 9.59 Å². The summed E-state index contributed by atoms with van der Waals surface area (Å²) in [6.07, 6.45) is 2.01. The number of carboxylic acids is 1. The fourth-order valence-electron chi connectivity index (χ4n) is 2.76. The van der Waals surface area contributed by atoms with Gasteiger partial charge in [-0.2, -0.15) is 0 Å². The van der Waals surface area contributed by atoms with Gasteiger partial charge in [-0.15, -0.1) is 0 Å². The quantitative estimate of drug-likeness (QED) is 0.668. The van der Waals surface area contributed by atoms with Crippen LogP contribution in [0, 0.1) is 0 Å². The van der Waals surface area contributed by atoms with Crippen molar-refractivity contribution in [1.82, 2.24) is 9.97 Å². The van der Waals surface area contributed by atoms with E-state index >= 15 is 0 Å². The molecule has 0 amide bonds. The molecule has 0 fully saturated rings. The molecule has 1 aromatic carbocycles. The molecule has 7 heteroatoms. The van der Waals surface area contributed by atoms with E-state index in [-0.39, 0.29) is 12.0 Å². The Bertz CT molecular complexity index is 954. The summed E-state index contributed by atoms with van der Waals surface area (Å²) in [4.78, 5) is 28.8. The number of aromatic amines is 2. The normalized spacial score (nSPS) is 11.0. The lowest BCUT2D eigenvalue weighted by Crippen LogP contribution is -2.07. The van der Waals surface area contributed by atoms with Crippen LogP contribution in [0.2, 0.25) is 0 Å². The lowest BCUT2D eigenvalue weighted by molar-refractivity contribution is -0.136. The van der Waals surface area contributed by atoms with Gasteiger partial charge >= 0.3 is 5.97 Å². The Kier molecular flexibility index (Phi) is 3.69. The second-order valence-electron chi connectivity index (χ2n) is 5.16. The van der Waals surface area contributed by atoms with Gasteiger partial charge in [-0.1, -0.05) is 0 Å². The third-order valence-corrected chi connectivity index (χ3v) is 3.84. The van der Waals surface area contributed by atoms with E-state index in [1.807, 2.05) is 0 Å². The summed E-state index contributed by atoms with van der Waals surface area (Å²) in [7, 11) is 3.06. The molecule has 0 radical (unpaired) electrons. The number of fused-ring (bicyclic) bond motifs is 3. The van der Waals surface area contributed by atoms with E-state index in [0.29, 0.717) is 34.3 Å². The Hall–Kier alpha value is -2.96. The minimum atomic E-state index is -0.882. The molecule has 3 aromatic rings. The molecule has 0 aliphatic heterocycles. The minimum Gasteiger partial charge on any atom is -0.493 e. The summed E-state index contributed by atoms with van der Waals surface area (Å²) in [5, 5.41) is 10.4. The molecule has 0 spiro atoms. The summed E-state index contributed by atoms with van der Waals surface area (Å²) < 4.78 is 10.6. The second kappa shape index (κ2) is 5.68. The van der Waals surface area contributed by atoms with Crippen LogP contribution in [0.15, 0.2) is 23.1 Å². The van der Waals surface area contributed by atoms with Gasteiger partial charge in [-0.05, 0) is 18.1 Å². The summed E-state index contributed by atoms with van der Waals surface area (Å²) in [5.74, 6) is 0.170. The molecular formula is C16H16N2O5. The number of methoxy groups -OCH3 is 2. The fraction of sp³-hybridized carbons (Fsp3) is 0.250. The van der Waals surface area contributed by atoms with Crippen molar-refractivity contribution in [3.63, 3.8) is 0 Å². The SMILES string of the molecule is COc1cc2[nH]c(=O)c3[nH]cc(CCC(=O)O)c3c2cc1OC. The molecule has 7 nitrogen and oxygen atoms in total. The number of ether oxygens (including phenoxy) is 2. The Morgan fingerprint density at radius 2 is 1.91 bits per heavy atom. The molecule has 2 heterocycles. The number of aryl methyl sites for hydroxylation is 1. The average Bonchev–Trinajstić information content (AvgIpc) is 2.96. The predicted octanol–water partition coefficient (Wildman–Crippen LogP) is 2.04. The zero-order chi connectivity index (χ0) is 16.6. The molecular weight excluding hydrogens is 300 g/mol. The van der Waals surface area contributed by atoms with Crippen LogP contribution in [0.25, 0.3) is 21.8 Å². The fourth-order valence-corrected chi connectivity index (χ4v) is 2.76. The average molecular weight is 316 g/mol. The summed E-state index contributed by atoms with van der Waals surface area (Å²) >= 11 is 0. The number of aliphatic carboxylic acids is 1. The molecule has 120 valence electrons. The molecule has 2 aromatic heterocycles. The maximum Gasteiger partial charge on any atom is 0.303 e. The monoisotopic (exact) mass is 316 g/mol. The molecule has 0 saturated carbocycles. The van der Waals surface area contributed by atoms with E-state index in [2.05, 4.69) is 9.97 Å². The number of rotatable bonds is 5. The molecule has 0 bridgehead atoms. The van der Waals surface area contributed by atoms with Crippen molar-refractivity contribution in [1.29, 1.82) is 0 Å². The van der Waals surface area contributed by atoms with Crippen molar-refractivity contribution in [2.45, 2.75) is 12.8 Å². The summed E-state index contributed by atoms with van der Waals surface area (Å²) in [6, 6.07) is 3.48. The van der Waals surface area contributed by atoms with Crippen molar-refractivity contribution in [3.05, 3.63) is 34.2 Å². The third kappa shape index (κ3) is 2.50. The van der Waals surface area contributed by atoms with Crippen LogP contribution < -0.4 is 15.0 Å². The number of hydrogen-bond acceptors (Lipinski definition) is 4. The maximum atomic E-state index is 12.2. The van der Waals surface area contributed by atoms with E-state index in [4.69, 9.17) is 14.6 Å². The number of H-pyrrole nitrogens is 2. The van der Waals surface area contributed by atoms with Crippen LogP contribution in [0.3, 0.4) is 0 Å². The Balaban J connectivity index is 2.32. The lowest BCUT2D eigenvalue weighted by atomic mass is 10.0. The third-order valence-electron chi connectivity index (χ3n) is 3.84. The Morgan fingerprint density at radius 3 is 2.57 bits per heavy atom. The van der Waals surface area contributed by atoms with Gasteiger partial charge in [0.15, 0.2) is 11.5 Å². The van der Waals surface area contributed by atoms with Crippen LogP contribution in [0.1, 0.15) is 12.0 Å². The molecule has 23 heavy (non-hydrogen) atoms. The van der Waals surface area contributed by atoms with Crippen LogP contribution in [-0.2, 0) is 11.2 Å². The smallest absolute Gasteiger partial charge is 0.303 e. The summed E-state index contributed by atoms with van der Waals surface area (Å²) in [5.41, 5.74) is 1.55. The Morgan fingerprint density at radius 1 is 1.22 bits per heavy atom. The molecule has 3 rings (SSSR count). The first-order valence-electron chi connectivity index (χ1n) is 7.05. The largest absolute Gasteiger partial charge is 0.493 e. The molecule has 3 N–H and O–H groups in total. The van der Waals surface area contributed by atoms with Crippen molar-refractivity contribution < 1.29 is 19.4 Å². The number of aromatic nitrogens is 2. The topological polar surface area (TPSA) is 104 Å². The first-order chi connectivity index (χ1) is 11.0.